The highest BCUT2D eigenvalue weighted by molar-refractivity contribution is 7.92. The molecule has 2 amide bonds. The first-order chi connectivity index (χ1) is 20.4. The average molecular weight is 665 g/mol. The van der Waals surface area contributed by atoms with Crippen molar-refractivity contribution in [1.29, 1.82) is 0 Å². The molecule has 7 nitrogen and oxygen atoms in total. The summed E-state index contributed by atoms with van der Waals surface area (Å²) in [5, 5.41) is 4.18. The van der Waals surface area contributed by atoms with Crippen molar-refractivity contribution in [2.24, 2.45) is 0 Å². The minimum absolute atomic E-state index is 0.0267. The average Bonchev–Trinajstić information content (AvgIpc) is 2.97. The Morgan fingerprint density at radius 1 is 0.907 bits per heavy atom. The molecule has 1 aliphatic rings. The Labute approximate surface area is 269 Å². The van der Waals surface area contributed by atoms with E-state index in [1.807, 2.05) is 6.92 Å². The number of hydrogen-bond acceptors (Lipinski definition) is 4. The van der Waals surface area contributed by atoms with Gasteiger partial charge in [-0.15, -0.1) is 0 Å². The SMILES string of the molecule is Cc1ccc(S(=O)(=O)N(CC(=O)N(Cc2ccc(Cl)cc2Cl)[C@H](C)C(=O)NC2CCCCC2)c2cc(Cl)ccc2C)cc1. The number of carbonyl (C=O) groups is 2. The van der Waals surface area contributed by atoms with Crippen LogP contribution in [0.5, 0.6) is 0 Å². The highest BCUT2D eigenvalue weighted by Gasteiger charge is 2.34. The van der Waals surface area contributed by atoms with E-state index < -0.39 is 28.5 Å². The van der Waals surface area contributed by atoms with Gasteiger partial charge >= 0.3 is 0 Å². The Balaban J connectivity index is 1.73. The summed E-state index contributed by atoms with van der Waals surface area (Å²) >= 11 is 18.9. The second-order valence-electron chi connectivity index (χ2n) is 11.0. The maximum Gasteiger partial charge on any atom is 0.264 e. The maximum absolute atomic E-state index is 14.2. The fraction of sp³-hybridized carbons (Fsp3) is 0.375. The fourth-order valence-electron chi connectivity index (χ4n) is 5.19. The summed E-state index contributed by atoms with van der Waals surface area (Å²) in [6.45, 7) is 4.66. The lowest BCUT2D eigenvalue weighted by molar-refractivity contribution is -0.139. The summed E-state index contributed by atoms with van der Waals surface area (Å²) in [5.41, 5.74) is 2.35. The lowest BCUT2D eigenvalue weighted by atomic mass is 9.95. The summed E-state index contributed by atoms with van der Waals surface area (Å²) in [7, 11) is -4.21. The van der Waals surface area contributed by atoms with E-state index in [9.17, 15) is 18.0 Å². The highest BCUT2D eigenvalue weighted by atomic mass is 35.5. The number of hydrogen-bond donors (Lipinski definition) is 1. The molecule has 0 bridgehead atoms. The van der Waals surface area contributed by atoms with Crippen LogP contribution in [-0.4, -0.2) is 43.8 Å². The number of anilines is 1. The summed E-state index contributed by atoms with van der Waals surface area (Å²) < 4.78 is 29.2. The molecule has 3 aromatic carbocycles. The molecule has 1 atom stereocenters. The summed E-state index contributed by atoms with van der Waals surface area (Å²) in [6, 6.07) is 15.3. The molecule has 1 N–H and O–H groups in total. The minimum atomic E-state index is -4.21. The topological polar surface area (TPSA) is 86.8 Å². The van der Waals surface area contributed by atoms with Gasteiger partial charge in [0, 0.05) is 27.7 Å². The Morgan fingerprint density at radius 2 is 1.53 bits per heavy atom. The van der Waals surface area contributed by atoms with Gasteiger partial charge in [0.25, 0.3) is 10.0 Å². The number of nitrogens with zero attached hydrogens (tertiary/aromatic N) is 2. The van der Waals surface area contributed by atoms with E-state index in [0.29, 0.717) is 26.2 Å². The van der Waals surface area contributed by atoms with Crippen LogP contribution in [0.1, 0.15) is 55.7 Å². The molecular formula is C32H36Cl3N3O4S. The number of carbonyl (C=O) groups excluding carboxylic acids is 2. The number of benzene rings is 3. The van der Waals surface area contributed by atoms with Crippen LogP contribution in [-0.2, 0) is 26.2 Å². The molecule has 0 heterocycles. The molecule has 0 radical (unpaired) electrons. The highest BCUT2D eigenvalue weighted by Crippen LogP contribution is 2.31. The molecule has 0 saturated heterocycles. The van der Waals surface area contributed by atoms with Crippen molar-refractivity contribution in [2.45, 2.75) is 76.4 Å². The van der Waals surface area contributed by atoms with Crippen molar-refractivity contribution in [3.63, 3.8) is 0 Å². The zero-order valence-electron chi connectivity index (χ0n) is 24.4. The molecule has 4 rings (SSSR count). The number of nitrogens with one attached hydrogen (secondary N) is 1. The number of rotatable bonds is 10. The fourth-order valence-corrected chi connectivity index (χ4v) is 7.29. The van der Waals surface area contributed by atoms with Gasteiger partial charge in [0.1, 0.15) is 12.6 Å². The predicted octanol–water partition coefficient (Wildman–Crippen LogP) is 7.33. The lowest BCUT2D eigenvalue weighted by Gasteiger charge is -2.33. The smallest absolute Gasteiger partial charge is 0.264 e. The molecule has 43 heavy (non-hydrogen) atoms. The van der Waals surface area contributed by atoms with Crippen LogP contribution in [0, 0.1) is 13.8 Å². The van der Waals surface area contributed by atoms with E-state index >= 15 is 0 Å². The van der Waals surface area contributed by atoms with E-state index in [4.69, 9.17) is 34.8 Å². The van der Waals surface area contributed by atoms with Gasteiger partial charge in [-0.3, -0.25) is 13.9 Å². The predicted molar refractivity (Wildman–Crippen MR) is 173 cm³/mol. The molecule has 1 saturated carbocycles. The van der Waals surface area contributed by atoms with Crippen LogP contribution < -0.4 is 9.62 Å². The van der Waals surface area contributed by atoms with Crippen molar-refractivity contribution < 1.29 is 18.0 Å². The van der Waals surface area contributed by atoms with Gasteiger partial charge in [-0.05, 0) is 81.1 Å². The van der Waals surface area contributed by atoms with Crippen LogP contribution in [0.15, 0.2) is 65.6 Å². The molecule has 230 valence electrons. The Kier molecular flexibility index (Phi) is 11.0. The van der Waals surface area contributed by atoms with Crippen molar-refractivity contribution in [2.75, 3.05) is 10.8 Å². The quantitative estimate of drug-likeness (QED) is 0.246. The number of sulfonamides is 1. The van der Waals surface area contributed by atoms with E-state index in [-0.39, 0.29) is 29.1 Å². The molecular weight excluding hydrogens is 629 g/mol. The number of halogens is 3. The van der Waals surface area contributed by atoms with Crippen LogP contribution >= 0.6 is 34.8 Å². The van der Waals surface area contributed by atoms with Gasteiger partial charge in [0.05, 0.1) is 10.6 Å². The van der Waals surface area contributed by atoms with Crippen LogP contribution in [0.4, 0.5) is 5.69 Å². The zero-order chi connectivity index (χ0) is 31.3. The Hall–Kier alpha value is -2.78. The third-order valence-corrected chi connectivity index (χ3v) is 10.4. The van der Waals surface area contributed by atoms with Gasteiger partial charge in [-0.1, -0.05) is 83.9 Å². The van der Waals surface area contributed by atoms with Crippen molar-refractivity contribution in [1.82, 2.24) is 10.2 Å². The summed E-state index contributed by atoms with van der Waals surface area (Å²) in [5.74, 6) is -0.885. The molecule has 0 unspecified atom stereocenters. The number of aryl methyl sites for hydroxylation is 2. The van der Waals surface area contributed by atoms with E-state index in [2.05, 4.69) is 5.32 Å². The first kappa shape index (κ1) is 33.1. The normalized spacial score (nSPS) is 14.7. The monoisotopic (exact) mass is 663 g/mol. The molecule has 1 aliphatic carbocycles. The van der Waals surface area contributed by atoms with Crippen LogP contribution in [0.25, 0.3) is 0 Å². The lowest BCUT2D eigenvalue weighted by Crippen LogP contribution is -2.53. The largest absolute Gasteiger partial charge is 0.352 e. The zero-order valence-corrected chi connectivity index (χ0v) is 27.5. The molecule has 3 aromatic rings. The van der Waals surface area contributed by atoms with E-state index in [0.717, 1.165) is 42.0 Å². The van der Waals surface area contributed by atoms with Crippen LogP contribution in [0.3, 0.4) is 0 Å². The molecule has 0 aromatic heterocycles. The van der Waals surface area contributed by atoms with Gasteiger partial charge in [-0.25, -0.2) is 8.42 Å². The van der Waals surface area contributed by atoms with Crippen LogP contribution in [0.2, 0.25) is 15.1 Å². The Morgan fingerprint density at radius 3 is 2.19 bits per heavy atom. The van der Waals surface area contributed by atoms with Crippen molar-refractivity contribution in [3.8, 4) is 0 Å². The maximum atomic E-state index is 14.2. The third kappa shape index (κ3) is 8.24. The molecule has 1 fully saturated rings. The summed E-state index contributed by atoms with van der Waals surface area (Å²) in [4.78, 5) is 29.1. The van der Waals surface area contributed by atoms with E-state index in [1.54, 1.807) is 56.3 Å². The summed E-state index contributed by atoms with van der Waals surface area (Å²) in [6.07, 6.45) is 4.97. The van der Waals surface area contributed by atoms with Gasteiger partial charge in [0.15, 0.2) is 0 Å². The van der Waals surface area contributed by atoms with Gasteiger partial charge in [0.2, 0.25) is 11.8 Å². The minimum Gasteiger partial charge on any atom is -0.352 e. The van der Waals surface area contributed by atoms with Crippen molar-refractivity contribution >= 4 is 62.3 Å². The number of amides is 2. The van der Waals surface area contributed by atoms with E-state index in [1.165, 1.54) is 23.1 Å². The van der Waals surface area contributed by atoms with Gasteiger partial charge in [-0.2, -0.15) is 0 Å². The third-order valence-electron chi connectivity index (χ3n) is 7.80. The second-order valence-corrected chi connectivity index (χ2v) is 14.2. The van der Waals surface area contributed by atoms with Crippen molar-refractivity contribution in [3.05, 3.63) is 92.4 Å². The Bertz CT molecular complexity index is 1580. The standard InChI is InChI=1S/C32H36Cl3N3O4S/c1-21-9-15-28(16-10-21)43(41,42)38(30-18-26(34)13-11-22(30)2)20-31(39)37(19-24-12-14-25(33)17-29(24)35)23(3)32(40)36-27-7-5-4-6-8-27/h9-18,23,27H,4-8,19-20H2,1-3H3,(H,36,40)/t23-/m1/s1. The first-order valence-corrected chi connectivity index (χ1v) is 16.8. The first-order valence-electron chi connectivity index (χ1n) is 14.3. The second kappa shape index (κ2) is 14.3. The molecule has 0 spiro atoms. The van der Waals surface area contributed by atoms with Gasteiger partial charge < -0.3 is 10.2 Å². The molecule has 0 aliphatic heterocycles. The molecule has 11 heteroatoms.